The molecule has 1 atom stereocenters. The SMILES string of the molecule is O=C(c1ccc(F)cc1)N(CC(=O)N1CCc2sccc2C1COc1ccc(Cl)cc1)CC1CC1. The van der Waals surface area contributed by atoms with Gasteiger partial charge in [-0.25, -0.2) is 4.39 Å². The lowest BCUT2D eigenvalue weighted by Gasteiger charge is -2.37. The molecule has 1 saturated carbocycles. The lowest BCUT2D eigenvalue weighted by Crippen LogP contribution is -2.48. The Morgan fingerprint density at radius 1 is 1.09 bits per heavy atom. The van der Waals surface area contributed by atoms with E-state index >= 15 is 0 Å². The second-order valence-corrected chi connectivity index (χ2v) is 10.5. The molecule has 0 N–H and O–H groups in total. The minimum absolute atomic E-state index is 0.0103. The van der Waals surface area contributed by atoms with E-state index in [0.29, 0.717) is 41.9 Å². The summed E-state index contributed by atoms with van der Waals surface area (Å²) < 4.78 is 19.4. The number of ether oxygens (including phenoxy) is 1. The van der Waals surface area contributed by atoms with Gasteiger partial charge >= 0.3 is 0 Å². The first-order valence-electron chi connectivity index (χ1n) is 11.8. The van der Waals surface area contributed by atoms with Gasteiger partial charge in [0.05, 0.1) is 6.04 Å². The maximum atomic E-state index is 13.6. The summed E-state index contributed by atoms with van der Waals surface area (Å²) in [5.41, 5.74) is 1.49. The maximum Gasteiger partial charge on any atom is 0.254 e. The van der Waals surface area contributed by atoms with Crippen LogP contribution in [0.15, 0.2) is 60.0 Å². The summed E-state index contributed by atoms with van der Waals surface area (Å²) in [6, 6.07) is 14.5. The number of thiophene rings is 1. The van der Waals surface area contributed by atoms with E-state index < -0.39 is 5.82 Å². The number of carbonyl (C=O) groups is 2. The van der Waals surface area contributed by atoms with Crippen molar-refractivity contribution < 1.29 is 18.7 Å². The van der Waals surface area contributed by atoms with Crippen LogP contribution in [0.25, 0.3) is 0 Å². The molecule has 2 amide bonds. The van der Waals surface area contributed by atoms with E-state index in [1.165, 1.54) is 29.1 Å². The molecular formula is C27H26ClFN2O3S. The standard InChI is InChI=1S/C27H26ClFN2O3S/c28-20-5-9-22(10-6-20)34-17-24-23-12-14-35-25(23)11-13-31(24)26(32)16-30(15-18-1-2-18)27(33)19-3-7-21(29)8-4-19/h3-10,12,14,18,24H,1-2,11,13,15-17H2. The van der Waals surface area contributed by atoms with Gasteiger partial charge in [-0.3, -0.25) is 9.59 Å². The van der Waals surface area contributed by atoms with Gasteiger partial charge < -0.3 is 14.5 Å². The zero-order valence-corrected chi connectivity index (χ0v) is 20.7. The summed E-state index contributed by atoms with van der Waals surface area (Å²) in [5.74, 6) is 0.358. The van der Waals surface area contributed by atoms with Crippen LogP contribution in [0, 0.1) is 11.7 Å². The van der Waals surface area contributed by atoms with Crippen LogP contribution in [0.5, 0.6) is 5.75 Å². The van der Waals surface area contributed by atoms with E-state index in [1.807, 2.05) is 22.4 Å². The molecule has 1 aromatic heterocycles. The molecule has 0 spiro atoms. The van der Waals surface area contributed by atoms with E-state index in [4.69, 9.17) is 16.3 Å². The molecule has 182 valence electrons. The number of halogens is 2. The van der Waals surface area contributed by atoms with Crippen molar-refractivity contribution in [2.24, 2.45) is 5.92 Å². The molecule has 2 aliphatic rings. The predicted octanol–water partition coefficient (Wildman–Crippen LogP) is 5.60. The van der Waals surface area contributed by atoms with Gasteiger partial charge in [0, 0.05) is 28.6 Å². The van der Waals surface area contributed by atoms with Gasteiger partial charge in [0.2, 0.25) is 5.91 Å². The summed E-state index contributed by atoms with van der Waals surface area (Å²) in [6.45, 7) is 1.41. The normalized spacial score (nSPS) is 17.1. The fourth-order valence-electron chi connectivity index (χ4n) is 4.44. The van der Waals surface area contributed by atoms with Crippen molar-refractivity contribution in [1.29, 1.82) is 0 Å². The third-order valence-corrected chi connectivity index (χ3v) is 7.77. The first kappa shape index (κ1) is 23.8. The van der Waals surface area contributed by atoms with Crippen molar-refractivity contribution >= 4 is 34.8 Å². The van der Waals surface area contributed by atoms with Crippen LogP contribution in [0.1, 0.15) is 39.7 Å². The average molecular weight is 513 g/mol. The Morgan fingerprint density at radius 2 is 1.83 bits per heavy atom. The molecule has 35 heavy (non-hydrogen) atoms. The number of rotatable bonds is 8. The monoisotopic (exact) mass is 512 g/mol. The van der Waals surface area contributed by atoms with Crippen LogP contribution >= 0.6 is 22.9 Å². The summed E-state index contributed by atoms with van der Waals surface area (Å²) in [7, 11) is 0. The average Bonchev–Trinajstić information content (AvgIpc) is 3.55. The second-order valence-electron chi connectivity index (χ2n) is 9.05. The number of nitrogens with zero attached hydrogens (tertiary/aromatic N) is 2. The van der Waals surface area contributed by atoms with E-state index in [0.717, 1.165) is 24.8 Å². The smallest absolute Gasteiger partial charge is 0.254 e. The number of hydrogen-bond acceptors (Lipinski definition) is 4. The van der Waals surface area contributed by atoms with Gasteiger partial charge in [0.15, 0.2) is 0 Å². The Bertz CT molecular complexity index is 1190. The number of amides is 2. The lowest BCUT2D eigenvalue weighted by molar-refractivity contribution is -0.135. The fraction of sp³-hybridized carbons (Fsp3) is 0.333. The van der Waals surface area contributed by atoms with Crippen molar-refractivity contribution in [3.05, 3.63) is 86.8 Å². The molecule has 1 fully saturated rings. The maximum absolute atomic E-state index is 13.6. The Morgan fingerprint density at radius 3 is 2.54 bits per heavy atom. The molecule has 0 bridgehead atoms. The second kappa shape index (κ2) is 10.4. The van der Waals surface area contributed by atoms with Crippen molar-refractivity contribution in [3.63, 3.8) is 0 Å². The molecular weight excluding hydrogens is 487 g/mol. The third kappa shape index (κ3) is 5.68. The summed E-state index contributed by atoms with van der Waals surface area (Å²) in [5, 5.41) is 2.68. The molecule has 5 rings (SSSR count). The fourth-order valence-corrected chi connectivity index (χ4v) is 5.50. The van der Waals surface area contributed by atoms with Gasteiger partial charge in [0.1, 0.15) is 24.7 Å². The van der Waals surface area contributed by atoms with Crippen LogP contribution in [-0.2, 0) is 11.2 Å². The van der Waals surface area contributed by atoms with Crippen LogP contribution < -0.4 is 4.74 Å². The van der Waals surface area contributed by atoms with E-state index in [1.54, 1.807) is 28.4 Å². The predicted molar refractivity (Wildman–Crippen MR) is 134 cm³/mol. The minimum atomic E-state index is -0.394. The highest BCUT2D eigenvalue weighted by atomic mass is 35.5. The minimum Gasteiger partial charge on any atom is -0.491 e. The zero-order chi connectivity index (χ0) is 24.4. The van der Waals surface area contributed by atoms with Crippen molar-refractivity contribution in [3.8, 4) is 5.75 Å². The summed E-state index contributed by atoms with van der Waals surface area (Å²) >= 11 is 7.68. The molecule has 5 nitrogen and oxygen atoms in total. The molecule has 0 radical (unpaired) electrons. The summed E-state index contributed by atoms with van der Waals surface area (Å²) in [4.78, 5) is 31.5. The third-order valence-electron chi connectivity index (χ3n) is 6.52. The Balaban J connectivity index is 1.33. The highest BCUT2D eigenvalue weighted by Crippen LogP contribution is 2.35. The molecule has 1 aliphatic heterocycles. The van der Waals surface area contributed by atoms with Crippen LogP contribution in [0.2, 0.25) is 5.02 Å². The summed E-state index contributed by atoms with van der Waals surface area (Å²) in [6.07, 6.45) is 2.90. The Labute approximate surface area is 213 Å². The van der Waals surface area contributed by atoms with E-state index in [-0.39, 0.29) is 24.4 Å². The number of fused-ring (bicyclic) bond motifs is 1. The Hall–Kier alpha value is -2.90. The number of benzene rings is 2. The van der Waals surface area contributed by atoms with E-state index in [2.05, 4.69) is 6.07 Å². The highest BCUT2D eigenvalue weighted by Gasteiger charge is 2.35. The molecule has 3 aromatic rings. The van der Waals surface area contributed by atoms with Crippen LogP contribution in [0.4, 0.5) is 4.39 Å². The van der Waals surface area contributed by atoms with Gasteiger partial charge in [0.25, 0.3) is 5.91 Å². The lowest BCUT2D eigenvalue weighted by atomic mass is 10.0. The highest BCUT2D eigenvalue weighted by molar-refractivity contribution is 7.10. The van der Waals surface area contributed by atoms with Gasteiger partial charge in [-0.1, -0.05) is 11.6 Å². The Kier molecular flexibility index (Phi) is 7.07. The van der Waals surface area contributed by atoms with Crippen molar-refractivity contribution in [1.82, 2.24) is 9.80 Å². The van der Waals surface area contributed by atoms with Crippen LogP contribution in [-0.4, -0.2) is 47.9 Å². The van der Waals surface area contributed by atoms with Crippen molar-refractivity contribution in [2.75, 3.05) is 26.2 Å². The zero-order valence-electron chi connectivity index (χ0n) is 19.2. The van der Waals surface area contributed by atoms with E-state index in [9.17, 15) is 14.0 Å². The quantitative estimate of drug-likeness (QED) is 0.395. The van der Waals surface area contributed by atoms with Crippen molar-refractivity contribution in [2.45, 2.75) is 25.3 Å². The molecule has 2 aromatic carbocycles. The topological polar surface area (TPSA) is 49.9 Å². The first-order valence-corrected chi connectivity index (χ1v) is 13.0. The molecule has 8 heteroatoms. The van der Waals surface area contributed by atoms with Gasteiger partial charge in [-0.05, 0) is 90.7 Å². The van der Waals surface area contributed by atoms with Crippen LogP contribution in [0.3, 0.4) is 0 Å². The largest absolute Gasteiger partial charge is 0.491 e. The first-order chi connectivity index (χ1) is 17.0. The van der Waals surface area contributed by atoms with Gasteiger partial charge in [-0.2, -0.15) is 0 Å². The number of hydrogen-bond donors (Lipinski definition) is 0. The molecule has 0 saturated heterocycles. The molecule has 1 unspecified atom stereocenters. The molecule has 2 heterocycles. The molecule has 1 aliphatic carbocycles. The number of carbonyl (C=O) groups excluding carboxylic acids is 2. The van der Waals surface area contributed by atoms with Gasteiger partial charge in [-0.15, -0.1) is 11.3 Å².